The molecule has 0 spiro atoms. The van der Waals surface area contributed by atoms with Crippen molar-refractivity contribution in [3.05, 3.63) is 95.1 Å². The highest BCUT2D eigenvalue weighted by Crippen LogP contribution is 2.64. The minimum Gasteiger partial charge on any atom is -0.549 e. The molecule has 3 aromatic carbocycles. The van der Waals surface area contributed by atoms with Crippen LogP contribution in [0.2, 0.25) is 0 Å². The van der Waals surface area contributed by atoms with Crippen LogP contribution >= 0.6 is 0 Å². The van der Waals surface area contributed by atoms with Crippen LogP contribution in [-0.2, 0) is 19.8 Å². The summed E-state index contributed by atoms with van der Waals surface area (Å²) in [6.07, 6.45) is 0.766. The number of hydrogen-bond donors (Lipinski definition) is 0. The summed E-state index contributed by atoms with van der Waals surface area (Å²) in [5.41, 5.74) is 1.22. The molecule has 0 radical (unpaired) electrons. The SMILES string of the molecule is CCCOc1ccccc1N1C(=O)[C@@H]2C3c4ccccc4C(C(=O)[O-])(c4ccccc43)[C@H]2C1=O. The molecule has 6 nitrogen and oxygen atoms in total. The van der Waals surface area contributed by atoms with Crippen molar-refractivity contribution in [2.24, 2.45) is 11.8 Å². The third-order valence-electron chi connectivity index (χ3n) is 7.51. The van der Waals surface area contributed by atoms with Gasteiger partial charge in [-0.2, -0.15) is 0 Å². The number of para-hydroxylation sites is 2. The largest absolute Gasteiger partial charge is 0.549 e. The van der Waals surface area contributed by atoms with Gasteiger partial charge in [-0.05, 0) is 40.8 Å². The van der Waals surface area contributed by atoms with Crippen molar-refractivity contribution in [2.75, 3.05) is 11.5 Å². The molecule has 6 heteroatoms. The number of imide groups is 1. The first-order valence-electron chi connectivity index (χ1n) is 11.5. The summed E-state index contributed by atoms with van der Waals surface area (Å²) in [6.45, 7) is 2.40. The van der Waals surface area contributed by atoms with Crippen molar-refractivity contribution in [3.8, 4) is 5.75 Å². The maximum absolute atomic E-state index is 14.1. The lowest BCUT2D eigenvalue weighted by atomic mass is 9.47. The van der Waals surface area contributed by atoms with E-state index in [4.69, 9.17) is 4.74 Å². The first-order valence-corrected chi connectivity index (χ1v) is 11.5. The van der Waals surface area contributed by atoms with Gasteiger partial charge in [-0.1, -0.05) is 67.6 Å². The zero-order chi connectivity index (χ0) is 23.6. The first kappa shape index (κ1) is 20.7. The van der Waals surface area contributed by atoms with E-state index in [1.165, 1.54) is 0 Å². The molecule has 2 bridgehead atoms. The number of benzene rings is 3. The average molecular weight is 452 g/mol. The Morgan fingerprint density at radius 3 is 2.12 bits per heavy atom. The summed E-state index contributed by atoms with van der Waals surface area (Å²) in [6, 6.07) is 21.4. The average Bonchev–Trinajstić information content (AvgIpc) is 3.13. The third kappa shape index (κ3) is 2.37. The van der Waals surface area contributed by atoms with Crippen LogP contribution in [0, 0.1) is 11.8 Å². The molecule has 4 aliphatic rings. The number of anilines is 1. The normalized spacial score (nSPS) is 26.1. The van der Waals surface area contributed by atoms with Crippen LogP contribution in [0.4, 0.5) is 5.69 Å². The van der Waals surface area contributed by atoms with Gasteiger partial charge in [0.05, 0.1) is 35.5 Å². The molecule has 2 amide bonds. The maximum Gasteiger partial charge on any atom is 0.239 e. The zero-order valence-electron chi connectivity index (χ0n) is 18.6. The van der Waals surface area contributed by atoms with Crippen molar-refractivity contribution in [1.82, 2.24) is 0 Å². The molecule has 0 aromatic heterocycles. The summed E-state index contributed by atoms with van der Waals surface area (Å²) in [5, 5.41) is 13.1. The number of carboxylic acid groups (broad SMARTS) is 1. The third-order valence-corrected chi connectivity index (χ3v) is 7.51. The van der Waals surface area contributed by atoms with Crippen LogP contribution in [0.1, 0.15) is 41.5 Å². The van der Waals surface area contributed by atoms with E-state index in [9.17, 15) is 19.5 Å². The number of carbonyl (C=O) groups excluding carboxylic acids is 3. The van der Waals surface area contributed by atoms with Gasteiger partial charge in [-0.3, -0.25) is 9.59 Å². The standard InChI is InChI=1S/C28H23NO5/c1-2-15-34-21-14-8-7-13-20(21)29-25(30)23-22-16-9-3-5-11-18(16)28(27(32)33,24(23)26(29)31)19-12-6-4-10-17(19)22/h3-14,22-24H,2,15H2,1H3,(H,32,33)/p-1/t22?,23-,24-,28?/m1/s1. The molecule has 1 aliphatic heterocycles. The minimum absolute atomic E-state index is 0.348. The van der Waals surface area contributed by atoms with Gasteiger partial charge in [-0.25, -0.2) is 4.90 Å². The highest BCUT2D eigenvalue weighted by atomic mass is 16.5. The molecule has 7 rings (SSSR count). The molecule has 3 aliphatic carbocycles. The number of carbonyl (C=O) groups is 3. The van der Waals surface area contributed by atoms with Crippen LogP contribution < -0.4 is 14.7 Å². The number of aliphatic carboxylic acids is 1. The fourth-order valence-corrected chi connectivity index (χ4v) is 6.33. The smallest absolute Gasteiger partial charge is 0.239 e. The van der Waals surface area contributed by atoms with Gasteiger partial charge in [0.15, 0.2) is 0 Å². The van der Waals surface area contributed by atoms with Crippen LogP contribution in [0.3, 0.4) is 0 Å². The fraction of sp³-hybridized carbons (Fsp3) is 0.250. The lowest BCUT2D eigenvalue weighted by Gasteiger charge is -2.54. The van der Waals surface area contributed by atoms with Gasteiger partial charge in [0.1, 0.15) is 5.75 Å². The summed E-state index contributed by atoms with van der Waals surface area (Å²) in [7, 11) is 0. The van der Waals surface area contributed by atoms with Gasteiger partial charge in [-0.15, -0.1) is 0 Å². The Labute approximate surface area is 196 Å². The summed E-state index contributed by atoms with van der Waals surface area (Å²) >= 11 is 0. The Balaban J connectivity index is 1.61. The van der Waals surface area contributed by atoms with E-state index in [-0.39, 0.29) is 0 Å². The zero-order valence-corrected chi connectivity index (χ0v) is 18.6. The second-order valence-electron chi connectivity index (χ2n) is 9.08. The number of hydrogen-bond acceptors (Lipinski definition) is 5. The molecule has 1 heterocycles. The Kier molecular flexibility index (Phi) is 4.43. The second-order valence-corrected chi connectivity index (χ2v) is 9.08. The molecule has 1 fully saturated rings. The number of amides is 2. The van der Waals surface area contributed by atoms with Gasteiger partial charge < -0.3 is 14.6 Å². The Morgan fingerprint density at radius 2 is 1.50 bits per heavy atom. The number of nitrogens with zero attached hydrogens (tertiary/aromatic N) is 1. The van der Waals surface area contributed by atoms with Crippen LogP contribution in [-0.4, -0.2) is 24.4 Å². The molecule has 0 unspecified atom stereocenters. The van der Waals surface area contributed by atoms with Crippen LogP contribution in [0.15, 0.2) is 72.8 Å². The lowest BCUT2D eigenvalue weighted by molar-refractivity contribution is -0.314. The monoisotopic (exact) mass is 452 g/mol. The van der Waals surface area contributed by atoms with Gasteiger partial charge in [0, 0.05) is 5.92 Å². The first-order chi connectivity index (χ1) is 16.5. The topological polar surface area (TPSA) is 86.7 Å². The second kappa shape index (κ2) is 7.29. The number of carboxylic acids is 1. The van der Waals surface area contributed by atoms with Crippen LogP contribution in [0.25, 0.3) is 0 Å². The molecule has 3 aromatic rings. The fourth-order valence-electron chi connectivity index (χ4n) is 6.33. The molecular weight excluding hydrogens is 430 g/mol. The highest BCUT2D eigenvalue weighted by Gasteiger charge is 2.69. The molecular formula is C28H22NO5-. The van der Waals surface area contributed by atoms with Crippen molar-refractivity contribution >= 4 is 23.5 Å². The Morgan fingerprint density at radius 1 is 0.912 bits per heavy atom. The lowest BCUT2D eigenvalue weighted by Crippen LogP contribution is -2.61. The minimum atomic E-state index is -1.74. The summed E-state index contributed by atoms with van der Waals surface area (Å²) < 4.78 is 5.84. The Hall–Kier alpha value is -3.93. The highest BCUT2D eigenvalue weighted by molar-refractivity contribution is 6.25. The van der Waals surface area contributed by atoms with E-state index in [1.807, 2.05) is 31.2 Å². The van der Waals surface area contributed by atoms with E-state index in [0.717, 1.165) is 22.4 Å². The van der Waals surface area contributed by atoms with Crippen molar-refractivity contribution < 1.29 is 24.2 Å². The van der Waals surface area contributed by atoms with E-state index in [2.05, 4.69) is 0 Å². The number of ether oxygens (including phenoxy) is 1. The van der Waals surface area contributed by atoms with Crippen molar-refractivity contribution in [2.45, 2.75) is 24.7 Å². The van der Waals surface area contributed by atoms with Gasteiger partial charge in [0.25, 0.3) is 0 Å². The van der Waals surface area contributed by atoms with Crippen molar-refractivity contribution in [3.63, 3.8) is 0 Å². The number of rotatable bonds is 5. The predicted molar refractivity (Wildman–Crippen MR) is 122 cm³/mol. The van der Waals surface area contributed by atoms with E-state index >= 15 is 0 Å². The maximum atomic E-state index is 14.1. The molecule has 34 heavy (non-hydrogen) atoms. The molecule has 0 N–H and O–H groups in total. The van der Waals surface area contributed by atoms with Crippen LogP contribution in [0.5, 0.6) is 5.75 Å². The van der Waals surface area contributed by atoms with E-state index in [0.29, 0.717) is 29.2 Å². The molecule has 2 atom stereocenters. The van der Waals surface area contributed by atoms with E-state index < -0.39 is 41.0 Å². The summed E-state index contributed by atoms with van der Waals surface area (Å²) in [5.74, 6) is -4.21. The quantitative estimate of drug-likeness (QED) is 0.556. The Bertz CT molecular complexity index is 1310. The van der Waals surface area contributed by atoms with Gasteiger partial charge in [0.2, 0.25) is 11.8 Å². The summed E-state index contributed by atoms with van der Waals surface area (Å²) in [4.78, 5) is 42.3. The van der Waals surface area contributed by atoms with E-state index in [1.54, 1.807) is 48.5 Å². The molecule has 0 saturated carbocycles. The molecule has 1 saturated heterocycles. The molecule has 170 valence electrons. The van der Waals surface area contributed by atoms with Gasteiger partial charge >= 0.3 is 0 Å². The van der Waals surface area contributed by atoms with Crippen molar-refractivity contribution in [1.29, 1.82) is 0 Å². The predicted octanol–water partition coefficient (Wildman–Crippen LogP) is 2.78.